The van der Waals surface area contributed by atoms with Crippen molar-refractivity contribution in [3.8, 4) is 0 Å². The monoisotopic (exact) mass is 416 g/mol. The van der Waals surface area contributed by atoms with E-state index in [4.69, 9.17) is 0 Å². The molecule has 2 aliphatic rings. The molecule has 1 saturated heterocycles. The predicted molar refractivity (Wildman–Crippen MR) is 107 cm³/mol. The molecule has 0 aliphatic carbocycles. The molecule has 0 bridgehead atoms. The van der Waals surface area contributed by atoms with Crippen LogP contribution in [0.1, 0.15) is 44.9 Å². The second-order valence-electron chi connectivity index (χ2n) is 7.78. The molecule has 4 rings (SSSR count). The number of sulfone groups is 1. The highest BCUT2D eigenvalue weighted by Gasteiger charge is 2.31. The van der Waals surface area contributed by atoms with Crippen molar-refractivity contribution < 1.29 is 18.0 Å². The number of hydrogen-bond donors (Lipinski definition) is 1. The quantitative estimate of drug-likeness (QED) is 0.806. The van der Waals surface area contributed by atoms with Crippen molar-refractivity contribution in [2.24, 2.45) is 0 Å². The average molecular weight is 417 g/mol. The summed E-state index contributed by atoms with van der Waals surface area (Å²) in [5.41, 5.74) is 2.76. The number of aryl methyl sites for hydroxylation is 2. The Hall–Kier alpha value is -2.68. The maximum absolute atomic E-state index is 13.0. The van der Waals surface area contributed by atoms with Gasteiger partial charge >= 0.3 is 0 Å². The third-order valence-corrected chi connectivity index (χ3v) is 7.15. The lowest BCUT2D eigenvalue weighted by atomic mass is 10.1. The van der Waals surface area contributed by atoms with Crippen molar-refractivity contribution in [3.63, 3.8) is 0 Å². The van der Waals surface area contributed by atoms with E-state index in [1.165, 1.54) is 11.6 Å². The fourth-order valence-electron chi connectivity index (χ4n) is 3.78. The third kappa shape index (κ3) is 4.34. The van der Waals surface area contributed by atoms with Crippen molar-refractivity contribution >= 4 is 21.7 Å². The van der Waals surface area contributed by atoms with Gasteiger partial charge in [0.25, 0.3) is 11.8 Å². The lowest BCUT2D eigenvalue weighted by molar-refractivity contribution is 0.0745. The van der Waals surface area contributed by atoms with Gasteiger partial charge in [0.1, 0.15) is 5.69 Å². The second-order valence-corrected chi connectivity index (χ2v) is 10.0. The number of carbonyl (C=O) groups is 2. The van der Waals surface area contributed by atoms with E-state index in [1.54, 1.807) is 9.58 Å². The highest BCUT2D eigenvalue weighted by Crippen LogP contribution is 2.18. The molecule has 1 N–H and O–H groups in total. The average Bonchev–Trinajstić information content (AvgIpc) is 3.21. The van der Waals surface area contributed by atoms with Crippen molar-refractivity contribution in [1.82, 2.24) is 20.0 Å². The van der Waals surface area contributed by atoms with Gasteiger partial charge in [-0.05, 0) is 25.3 Å². The van der Waals surface area contributed by atoms with Crippen molar-refractivity contribution in [2.75, 3.05) is 18.1 Å². The smallest absolute Gasteiger partial charge is 0.272 e. The molecule has 1 atom stereocenters. The van der Waals surface area contributed by atoms with E-state index in [9.17, 15) is 18.0 Å². The predicted octanol–water partition coefficient (Wildman–Crippen LogP) is 1.15. The van der Waals surface area contributed by atoms with Crippen LogP contribution in [0, 0.1) is 6.92 Å². The largest absolute Gasteiger partial charge is 0.347 e. The van der Waals surface area contributed by atoms with Crippen molar-refractivity contribution in [3.05, 3.63) is 52.8 Å². The first-order valence-corrected chi connectivity index (χ1v) is 11.6. The molecule has 154 valence electrons. The molecule has 0 saturated carbocycles. The lowest BCUT2D eigenvalue weighted by Crippen LogP contribution is -2.36. The van der Waals surface area contributed by atoms with Crippen LogP contribution in [0.15, 0.2) is 30.3 Å². The van der Waals surface area contributed by atoms with Gasteiger partial charge in [0.15, 0.2) is 15.5 Å². The van der Waals surface area contributed by atoms with Gasteiger partial charge in [0, 0.05) is 31.7 Å². The Morgan fingerprint density at radius 1 is 1.24 bits per heavy atom. The Kier molecular flexibility index (Phi) is 5.16. The van der Waals surface area contributed by atoms with Crippen LogP contribution in [-0.4, -0.2) is 59.0 Å². The third-order valence-electron chi connectivity index (χ3n) is 5.38. The first kappa shape index (κ1) is 19.6. The van der Waals surface area contributed by atoms with Gasteiger partial charge in [-0.25, -0.2) is 8.42 Å². The van der Waals surface area contributed by atoms with Crippen LogP contribution >= 0.6 is 0 Å². The zero-order valence-corrected chi connectivity index (χ0v) is 17.1. The molecule has 1 aromatic heterocycles. The molecule has 2 aliphatic heterocycles. The first-order chi connectivity index (χ1) is 13.8. The van der Waals surface area contributed by atoms with Gasteiger partial charge in [-0.2, -0.15) is 5.10 Å². The number of amides is 2. The van der Waals surface area contributed by atoms with Gasteiger partial charge in [-0.3, -0.25) is 14.3 Å². The number of rotatable bonds is 4. The summed E-state index contributed by atoms with van der Waals surface area (Å²) in [4.78, 5) is 27.3. The molecule has 2 amide bonds. The summed E-state index contributed by atoms with van der Waals surface area (Å²) in [5.74, 6) is -0.553. The van der Waals surface area contributed by atoms with E-state index in [0.717, 1.165) is 12.0 Å². The number of fused-ring (bicyclic) bond motifs is 1. The van der Waals surface area contributed by atoms with Crippen LogP contribution in [0.2, 0.25) is 0 Å². The Morgan fingerprint density at radius 3 is 2.69 bits per heavy atom. The highest BCUT2D eigenvalue weighted by molar-refractivity contribution is 7.91. The summed E-state index contributed by atoms with van der Waals surface area (Å²) < 4.78 is 24.7. The number of nitrogens with one attached hydrogen (secondary N) is 1. The van der Waals surface area contributed by atoms with Crippen molar-refractivity contribution in [2.45, 2.75) is 38.9 Å². The summed E-state index contributed by atoms with van der Waals surface area (Å²) in [7, 11) is -3.08. The maximum Gasteiger partial charge on any atom is 0.272 e. The molecule has 9 heteroatoms. The summed E-state index contributed by atoms with van der Waals surface area (Å²) in [6, 6.07) is 9.18. The van der Waals surface area contributed by atoms with Crippen LogP contribution in [0.3, 0.4) is 0 Å². The van der Waals surface area contributed by atoms with Crippen LogP contribution in [0.4, 0.5) is 0 Å². The molecule has 3 heterocycles. The molecule has 8 nitrogen and oxygen atoms in total. The molecular weight excluding hydrogens is 392 g/mol. The van der Waals surface area contributed by atoms with E-state index in [1.807, 2.05) is 31.2 Å². The van der Waals surface area contributed by atoms with Gasteiger partial charge in [0.2, 0.25) is 0 Å². The Bertz CT molecular complexity index is 1040. The Morgan fingerprint density at radius 2 is 2.00 bits per heavy atom. The number of hydrogen-bond acceptors (Lipinski definition) is 5. The molecule has 0 spiro atoms. The molecular formula is C20H24N4O4S. The number of benzene rings is 1. The Balaban J connectivity index is 1.48. The van der Waals surface area contributed by atoms with Gasteiger partial charge in [-0.15, -0.1) is 0 Å². The second kappa shape index (κ2) is 7.62. The molecule has 2 aromatic rings. The standard InChI is InChI=1S/C20H24N4O4S/c1-14-3-5-15(6-4-14)12-23-8-2-9-24-18(20(23)26)11-17(22-24)19(25)21-16-7-10-29(27,28)13-16/h3-6,11,16H,2,7-10,12-13H2,1H3,(H,21,25). The van der Waals surface area contributed by atoms with E-state index < -0.39 is 21.8 Å². The minimum absolute atomic E-state index is 0.0461. The van der Waals surface area contributed by atoms with Gasteiger partial charge < -0.3 is 10.2 Å². The molecule has 0 radical (unpaired) electrons. The zero-order chi connectivity index (χ0) is 20.6. The summed E-state index contributed by atoms with van der Waals surface area (Å²) in [6.45, 7) is 3.70. The minimum Gasteiger partial charge on any atom is -0.347 e. The van der Waals surface area contributed by atoms with E-state index >= 15 is 0 Å². The fourth-order valence-corrected chi connectivity index (χ4v) is 5.45. The van der Waals surface area contributed by atoms with Gasteiger partial charge in [0.05, 0.1) is 11.5 Å². The molecule has 29 heavy (non-hydrogen) atoms. The van der Waals surface area contributed by atoms with E-state index in [0.29, 0.717) is 31.7 Å². The topological polar surface area (TPSA) is 101 Å². The molecule has 1 fully saturated rings. The summed E-state index contributed by atoms with van der Waals surface area (Å²) in [5, 5.41) is 7.03. The highest BCUT2D eigenvalue weighted by atomic mass is 32.2. The zero-order valence-electron chi connectivity index (χ0n) is 16.3. The van der Waals surface area contributed by atoms with Crippen LogP contribution in [0.5, 0.6) is 0 Å². The molecule has 1 aromatic carbocycles. The SMILES string of the molecule is Cc1ccc(CN2CCCn3nc(C(=O)NC4CCS(=O)(=O)C4)cc3C2=O)cc1. The maximum atomic E-state index is 13.0. The minimum atomic E-state index is -3.08. The number of carbonyl (C=O) groups excluding carboxylic acids is 2. The Labute approximate surface area is 169 Å². The number of nitrogens with zero attached hydrogens (tertiary/aromatic N) is 3. The van der Waals surface area contributed by atoms with E-state index in [2.05, 4.69) is 10.4 Å². The van der Waals surface area contributed by atoms with Crippen LogP contribution in [0.25, 0.3) is 0 Å². The van der Waals surface area contributed by atoms with Crippen LogP contribution in [-0.2, 0) is 22.9 Å². The lowest BCUT2D eigenvalue weighted by Gasteiger charge is -2.20. The fraction of sp³-hybridized carbons (Fsp3) is 0.450. The van der Waals surface area contributed by atoms with E-state index in [-0.39, 0.29) is 23.1 Å². The summed E-state index contributed by atoms with van der Waals surface area (Å²) >= 11 is 0. The van der Waals surface area contributed by atoms with Crippen molar-refractivity contribution in [1.29, 1.82) is 0 Å². The summed E-state index contributed by atoms with van der Waals surface area (Å²) in [6.07, 6.45) is 1.15. The van der Waals surface area contributed by atoms with Crippen LogP contribution < -0.4 is 5.32 Å². The van der Waals surface area contributed by atoms with Gasteiger partial charge in [-0.1, -0.05) is 29.8 Å². The normalized spacial score (nSPS) is 20.9. The molecule has 1 unspecified atom stereocenters. The number of aromatic nitrogens is 2. The first-order valence-electron chi connectivity index (χ1n) is 9.75.